The number of aromatic nitrogens is 1. The molecular formula is C15H19N3O. The summed E-state index contributed by atoms with van der Waals surface area (Å²) in [6.07, 6.45) is 2.71. The molecule has 3 N–H and O–H groups in total. The molecule has 1 heterocycles. The summed E-state index contributed by atoms with van der Waals surface area (Å²) in [5.74, 6) is 6.53. The minimum atomic E-state index is -0.133. The molecule has 1 aromatic heterocycles. The van der Waals surface area contributed by atoms with Crippen LogP contribution >= 0.6 is 0 Å². The van der Waals surface area contributed by atoms with Gasteiger partial charge in [0.25, 0.3) is 0 Å². The van der Waals surface area contributed by atoms with Crippen LogP contribution in [-0.2, 0) is 6.42 Å². The predicted molar refractivity (Wildman–Crippen MR) is 75.8 cm³/mol. The quantitative estimate of drug-likeness (QED) is 0.637. The highest BCUT2D eigenvalue weighted by molar-refractivity contribution is 5.37. The molecule has 0 aliphatic heterocycles. The van der Waals surface area contributed by atoms with Crippen molar-refractivity contribution in [1.82, 2.24) is 10.4 Å². The van der Waals surface area contributed by atoms with E-state index in [2.05, 4.69) is 23.4 Å². The van der Waals surface area contributed by atoms with Crippen molar-refractivity contribution in [2.75, 3.05) is 7.11 Å². The standard InChI is InChI=1S/C15H19N3O/c1-3-11-7-5-9-17-14(11)15(18-16)12-6-4-8-13(10-12)19-2/h4-10,15,18H,3,16H2,1-2H3. The van der Waals surface area contributed by atoms with E-state index in [-0.39, 0.29) is 6.04 Å². The number of nitrogens with one attached hydrogen (secondary N) is 1. The lowest BCUT2D eigenvalue weighted by atomic mass is 9.98. The van der Waals surface area contributed by atoms with Crippen LogP contribution in [0.5, 0.6) is 5.75 Å². The van der Waals surface area contributed by atoms with Crippen molar-refractivity contribution in [3.8, 4) is 5.75 Å². The van der Waals surface area contributed by atoms with Crippen LogP contribution in [0.4, 0.5) is 0 Å². The molecule has 0 amide bonds. The summed E-state index contributed by atoms with van der Waals surface area (Å²) in [6.45, 7) is 2.11. The summed E-state index contributed by atoms with van der Waals surface area (Å²) in [4.78, 5) is 4.47. The van der Waals surface area contributed by atoms with E-state index in [0.29, 0.717) is 0 Å². The lowest BCUT2D eigenvalue weighted by Crippen LogP contribution is -2.30. The molecule has 0 saturated carbocycles. The molecule has 0 radical (unpaired) electrons. The zero-order chi connectivity index (χ0) is 13.7. The molecule has 2 aromatic rings. The van der Waals surface area contributed by atoms with Crippen LogP contribution in [0.2, 0.25) is 0 Å². The van der Waals surface area contributed by atoms with Gasteiger partial charge in [0, 0.05) is 6.20 Å². The monoisotopic (exact) mass is 257 g/mol. The Labute approximate surface area is 113 Å². The number of hydrogen-bond acceptors (Lipinski definition) is 4. The summed E-state index contributed by atoms with van der Waals surface area (Å²) in [6, 6.07) is 11.7. The second-order valence-electron chi connectivity index (χ2n) is 4.28. The van der Waals surface area contributed by atoms with E-state index in [4.69, 9.17) is 10.6 Å². The van der Waals surface area contributed by atoms with Crippen LogP contribution in [0.25, 0.3) is 0 Å². The normalized spacial score (nSPS) is 12.2. The fourth-order valence-corrected chi connectivity index (χ4v) is 2.16. The van der Waals surface area contributed by atoms with Gasteiger partial charge >= 0.3 is 0 Å². The first-order chi connectivity index (χ1) is 9.30. The van der Waals surface area contributed by atoms with Crippen LogP contribution in [0.3, 0.4) is 0 Å². The lowest BCUT2D eigenvalue weighted by Gasteiger charge is -2.19. The number of hydrogen-bond donors (Lipinski definition) is 2. The van der Waals surface area contributed by atoms with Gasteiger partial charge in [-0.3, -0.25) is 10.8 Å². The fraction of sp³-hybridized carbons (Fsp3) is 0.267. The first-order valence-corrected chi connectivity index (χ1v) is 6.34. The molecule has 100 valence electrons. The van der Waals surface area contributed by atoms with Crippen molar-refractivity contribution in [1.29, 1.82) is 0 Å². The number of hydrazine groups is 1. The fourth-order valence-electron chi connectivity index (χ4n) is 2.16. The first-order valence-electron chi connectivity index (χ1n) is 6.34. The molecule has 0 saturated heterocycles. The van der Waals surface area contributed by atoms with E-state index in [0.717, 1.165) is 23.4 Å². The van der Waals surface area contributed by atoms with Gasteiger partial charge in [-0.05, 0) is 35.7 Å². The molecule has 0 aliphatic rings. The first kappa shape index (κ1) is 13.5. The summed E-state index contributed by atoms with van der Waals surface area (Å²) in [7, 11) is 1.65. The Kier molecular flexibility index (Phi) is 4.49. The molecule has 4 heteroatoms. The molecule has 4 nitrogen and oxygen atoms in total. The topological polar surface area (TPSA) is 60.2 Å². The Bertz CT molecular complexity index is 542. The van der Waals surface area contributed by atoms with Crippen LogP contribution < -0.4 is 16.0 Å². The molecular weight excluding hydrogens is 238 g/mol. The molecule has 0 aliphatic carbocycles. The lowest BCUT2D eigenvalue weighted by molar-refractivity contribution is 0.413. The number of rotatable bonds is 5. The van der Waals surface area contributed by atoms with Gasteiger partial charge in [-0.1, -0.05) is 25.1 Å². The zero-order valence-electron chi connectivity index (χ0n) is 11.3. The van der Waals surface area contributed by atoms with Gasteiger partial charge in [-0.2, -0.15) is 0 Å². The number of benzene rings is 1. The van der Waals surface area contributed by atoms with Crippen molar-refractivity contribution in [2.45, 2.75) is 19.4 Å². The highest BCUT2D eigenvalue weighted by Crippen LogP contribution is 2.25. The van der Waals surface area contributed by atoms with Crippen molar-refractivity contribution < 1.29 is 4.74 Å². The molecule has 1 aromatic carbocycles. The Morgan fingerprint density at radius 3 is 2.84 bits per heavy atom. The van der Waals surface area contributed by atoms with Gasteiger partial charge in [-0.25, -0.2) is 5.43 Å². The Morgan fingerprint density at radius 2 is 2.16 bits per heavy atom. The molecule has 1 atom stereocenters. The van der Waals surface area contributed by atoms with Crippen LogP contribution in [-0.4, -0.2) is 12.1 Å². The maximum absolute atomic E-state index is 5.72. The molecule has 2 rings (SSSR count). The van der Waals surface area contributed by atoms with E-state index < -0.39 is 0 Å². The summed E-state index contributed by atoms with van der Waals surface area (Å²) >= 11 is 0. The summed E-state index contributed by atoms with van der Waals surface area (Å²) < 4.78 is 5.25. The molecule has 19 heavy (non-hydrogen) atoms. The van der Waals surface area contributed by atoms with Crippen molar-refractivity contribution >= 4 is 0 Å². The van der Waals surface area contributed by atoms with Crippen molar-refractivity contribution in [3.05, 3.63) is 59.4 Å². The number of pyridine rings is 1. The smallest absolute Gasteiger partial charge is 0.119 e. The van der Waals surface area contributed by atoms with E-state index in [1.165, 1.54) is 5.56 Å². The summed E-state index contributed by atoms with van der Waals surface area (Å²) in [5.41, 5.74) is 6.03. The van der Waals surface area contributed by atoms with E-state index in [1.54, 1.807) is 13.3 Å². The maximum atomic E-state index is 5.72. The minimum absolute atomic E-state index is 0.133. The SMILES string of the molecule is CCc1cccnc1C(NN)c1cccc(OC)c1. The van der Waals surface area contributed by atoms with Crippen LogP contribution in [0, 0.1) is 0 Å². The van der Waals surface area contributed by atoms with E-state index >= 15 is 0 Å². The van der Waals surface area contributed by atoms with Gasteiger partial charge in [0.05, 0.1) is 18.8 Å². The number of aryl methyl sites for hydroxylation is 1. The Morgan fingerprint density at radius 1 is 1.32 bits per heavy atom. The molecule has 0 spiro atoms. The summed E-state index contributed by atoms with van der Waals surface area (Å²) in [5, 5.41) is 0. The van der Waals surface area contributed by atoms with Crippen molar-refractivity contribution in [2.24, 2.45) is 5.84 Å². The van der Waals surface area contributed by atoms with E-state index in [9.17, 15) is 0 Å². The third-order valence-electron chi connectivity index (χ3n) is 3.17. The maximum Gasteiger partial charge on any atom is 0.119 e. The minimum Gasteiger partial charge on any atom is -0.497 e. The molecule has 0 fully saturated rings. The third kappa shape index (κ3) is 2.92. The highest BCUT2D eigenvalue weighted by Gasteiger charge is 2.17. The molecule has 0 bridgehead atoms. The largest absolute Gasteiger partial charge is 0.497 e. The number of nitrogens with two attached hydrogens (primary N) is 1. The van der Waals surface area contributed by atoms with E-state index in [1.807, 2.05) is 30.3 Å². The van der Waals surface area contributed by atoms with Crippen molar-refractivity contribution in [3.63, 3.8) is 0 Å². The second-order valence-corrected chi connectivity index (χ2v) is 4.28. The average Bonchev–Trinajstić information content (AvgIpc) is 2.49. The number of nitrogens with zero attached hydrogens (tertiary/aromatic N) is 1. The zero-order valence-corrected chi connectivity index (χ0v) is 11.3. The average molecular weight is 257 g/mol. The van der Waals surface area contributed by atoms with Gasteiger partial charge in [0.2, 0.25) is 0 Å². The van der Waals surface area contributed by atoms with Gasteiger partial charge in [0.1, 0.15) is 5.75 Å². The Hall–Kier alpha value is -1.91. The van der Waals surface area contributed by atoms with Gasteiger partial charge in [-0.15, -0.1) is 0 Å². The second kappa shape index (κ2) is 6.31. The Balaban J connectivity index is 2.43. The van der Waals surface area contributed by atoms with Crippen LogP contribution in [0.15, 0.2) is 42.6 Å². The number of ether oxygens (including phenoxy) is 1. The molecule has 1 unspecified atom stereocenters. The van der Waals surface area contributed by atoms with Gasteiger partial charge < -0.3 is 4.74 Å². The van der Waals surface area contributed by atoms with Crippen LogP contribution in [0.1, 0.15) is 29.8 Å². The third-order valence-corrected chi connectivity index (χ3v) is 3.17. The number of methoxy groups -OCH3 is 1. The predicted octanol–water partition coefficient (Wildman–Crippen LogP) is 2.21. The highest BCUT2D eigenvalue weighted by atomic mass is 16.5. The van der Waals surface area contributed by atoms with Gasteiger partial charge in [0.15, 0.2) is 0 Å².